The number of halogens is 1. The molecular weight excluding hydrogens is 226 g/mol. The van der Waals surface area contributed by atoms with E-state index < -0.39 is 0 Å². The minimum absolute atomic E-state index is 0.320. The van der Waals surface area contributed by atoms with E-state index in [2.05, 4.69) is 4.99 Å². The van der Waals surface area contributed by atoms with Crippen LogP contribution in [-0.4, -0.2) is 12.7 Å². The second-order valence-corrected chi connectivity index (χ2v) is 4.33. The fraction of sp³-hybridized carbons (Fsp3) is 0.417. The van der Waals surface area contributed by atoms with Gasteiger partial charge in [-0.25, -0.2) is 9.79 Å². The lowest BCUT2D eigenvalue weighted by atomic mass is 10.2. The first-order chi connectivity index (χ1) is 7.79. The highest BCUT2D eigenvalue weighted by molar-refractivity contribution is 6.32. The molecule has 84 valence electrons. The summed E-state index contributed by atoms with van der Waals surface area (Å²) >= 11 is 6.00. The molecule has 0 saturated heterocycles. The molecule has 4 heteroatoms. The highest BCUT2D eigenvalue weighted by Crippen LogP contribution is 2.32. The maximum atomic E-state index is 10.0. The molecule has 0 amide bonds. The zero-order valence-corrected chi connectivity index (χ0v) is 9.54. The summed E-state index contributed by atoms with van der Waals surface area (Å²) in [4.78, 5) is 13.5. The van der Waals surface area contributed by atoms with Gasteiger partial charge in [-0.2, -0.15) is 0 Å². The van der Waals surface area contributed by atoms with Crippen LogP contribution in [0.5, 0.6) is 5.75 Å². The van der Waals surface area contributed by atoms with Crippen molar-refractivity contribution in [3.8, 4) is 5.75 Å². The Labute approximate surface area is 99.1 Å². The Balaban J connectivity index is 2.04. The van der Waals surface area contributed by atoms with Crippen LogP contribution in [0.4, 0.5) is 0 Å². The van der Waals surface area contributed by atoms with Gasteiger partial charge in [-0.3, -0.25) is 0 Å². The predicted octanol–water partition coefficient (Wildman–Crippen LogP) is 2.96. The molecule has 2 rings (SSSR count). The van der Waals surface area contributed by atoms with E-state index in [1.165, 1.54) is 18.9 Å². The van der Waals surface area contributed by atoms with Crippen LogP contribution in [-0.2, 0) is 11.3 Å². The summed E-state index contributed by atoms with van der Waals surface area (Å²) in [5.41, 5.74) is 0.901. The van der Waals surface area contributed by atoms with Gasteiger partial charge in [0.15, 0.2) is 0 Å². The van der Waals surface area contributed by atoms with Gasteiger partial charge >= 0.3 is 0 Å². The fourth-order valence-electron chi connectivity index (χ4n) is 1.37. The molecule has 0 aliphatic heterocycles. The van der Waals surface area contributed by atoms with E-state index in [9.17, 15) is 4.79 Å². The van der Waals surface area contributed by atoms with E-state index in [-0.39, 0.29) is 0 Å². The monoisotopic (exact) mass is 237 g/mol. The first kappa shape index (κ1) is 11.2. The summed E-state index contributed by atoms with van der Waals surface area (Å²) in [5.74, 6) is 1.36. The lowest BCUT2D eigenvalue weighted by Gasteiger charge is -2.08. The molecule has 1 aliphatic carbocycles. The topological polar surface area (TPSA) is 38.7 Å². The SMILES string of the molecule is O=C=NCc1ccc(Cl)c(OCC2CC2)c1. The first-order valence-electron chi connectivity index (χ1n) is 5.24. The molecule has 1 fully saturated rings. The summed E-state index contributed by atoms with van der Waals surface area (Å²) in [6, 6.07) is 5.41. The normalized spacial score (nSPS) is 14.3. The molecule has 0 unspecified atom stereocenters. The number of hydrogen-bond donors (Lipinski definition) is 0. The average molecular weight is 238 g/mol. The van der Waals surface area contributed by atoms with Gasteiger partial charge in [-0.05, 0) is 36.5 Å². The third-order valence-corrected chi connectivity index (χ3v) is 2.81. The Morgan fingerprint density at radius 1 is 1.50 bits per heavy atom. The van der Waals surface area contributed by atoms with Crippen LogP contribution < -0.4 is 4.74 Å². The summed E-state index contributed by atoms with van der Waals surface area (Å²) < 4.78 is 5.61. The molecule has 16 heavy (non-hydrogen) atoms. The van der Waals surface area contributed by atoms with Gasteiger partial charge in [0.1, 0.15) is 5.75 Å². The molecule has 0 spiro atoms. The Kier molecular flexibility index (Phi) is 3.60. The molecule has 0 atom stereocenters. The minimum Gasteiger partial charge on any atom is -0.492 e. The molecule has 0 heterocycles. The molecule has 1 aromatic rings. The Bertz CT molecular complexity index is 423. The molecule has 1 saturated carbocycles. The van der Waals surface area contributed by atoms with Crippen molar-refractivity contribution < 1.29 is 9.53 Å². The van der Waals surface area contributed by atoms with Crippen LogP contribution >= 0.6 is 11.6 Å². The van der Waals surface area contributed by atoms with E-state index >= 15 is 0 Å². The van der Waals surface area contributed by atoms with Gasteiger partial charge < -0.3 is 4.74 Å². The Morgan fingerprint density at radius 3 is 3.00 bits per heavy atom. The van der Waals surface area contributed by atoms with Crippen LogP contribution in [0.15, 0.2) is 23.2 Å². The first-order valence-corrected chi connectivity index (χ1v) is 5.62. The predicted molar refractivity (Wildman–Crippen MR) is 61.5 cm³/mol. The number of aliphatic imine (C=N–C) groups is 1. The van der Waals surface area contributed by atoms with Crippen LogP contribution in [0.25, 0.3) is 0 Å². The number of carbonyl (C=O) groups excluding carboxylic acids is 1. The zero-order valence-electron chi connectivity index (χ0n) is 8.78. The van der Waals surface area contributed by atoms with Crippen molar-refractivity contribution in [3.05, 3.63) is 28.8 Å². The number of rotatable bonds is 5. The van der Waals surface area contributed by atoms with Gasteiger partial charge in [0.2, 0.25) is 6.08 Å². The number of isocyanates is 1. The summed E-state index contributed by atoms with van der Waals surface area (Å²) in [6.07, 6.45) is 4.00. The van der Waals surface area contributed by atoms with Gasteiger partial charge in [0, 0.05) is 0 Å². The van der Waals surface area contributed by atoms with E-state index in [1.54, 1.807) is 6.07 Å². The van der Waals surface area contributed by atoms with E-state index in [0.717, 1.165) is 12.2 Å². The van der Waals surface area contributed by atoms with Crippen molar-refractivity contribution in [2.75, 3.05) is 6.61 Å². The highest BCUT2D eigenvalue weighted by Gasteiger charge is 2.22. The molecule has 1 aromatic carbocycles. The average Bonchev–Trinajstić information content (AvgIpc) is 3.10. The number of benzene rings is 1. The van der Waals surface area contributed by atoms with Gasteiger partial charge in [0.05, 0.1) is 18.2 Å². The van der Waals surface area contributed by atoms with Crippen molar-refractivity contribution >= 4 is 17.7 Å². The fourth-order valence-corrected chi connectivity index (χ4v) is 1.54. The Hall–Kier alpha value is -1.31. The molecule has 0 radical (unpaired) electrons. The quantitative estimate of drug-likeness (QED) is 0.583. The van der Waals surface area contributed by atoms with Gasteiger partial charge in [-0.1, -0.05) is 17.7 Å². The lowest BCUT2D eigenvalue weighted by Crippen LogP contribution is -1.99. The largest absolute Gasteiger partial charge is 0.492 e. The maximum absolute atomic E-state index is 10.0. The molecule has 0 aromatic heterocycles. The van der Waals surface area contributed by atoms with E-state index in [0.29, 0.717) is 23.2 Å². The second-order valence-electron chi connectivity index (χ2n) is 3.93. The van der Waals surface area contributed by atoms with Crippen molar-refractivity contribution in [2.45, 2.75) is 19.4 Å². The standard InChI is InChI=1S/C12H12ClNO2/c13-11-4-3-10(6-14-8-15)5-12(11)16-7-9-1-2-9/h3-5,9H,1-2,6-7H2. The minimum atomic E-state index is 0.320. The number of hydrogen-bond acceptors (Lipinski definition) is 3. The highest BCUT2D eigenvalue weighted by atomic mass is 35.5. The molecular formula is C12H12ClNO2. The summed E-state index contributed by atoms with van der Waals surface area (Å²) in [6.45, 7) is 1.04. The van der Waals surface area contributed by atoms with Crippen molar-refractivity contribution in [2.24, 2.45) is 10.9 Å². The van der Waals surface area contributed by atoms with Crippen LogP contribution in [0, 0.1) is 5.92 Å². The van der Waals surface area contributed by atoms with Crippen LogP contribution in [0.2, 0.25) is 5.02 Å². The van der Waals surface area contributed by atoms with Crippen molar-refractivity contribution in [1.29, 1.82) is 0 Å². The van der Waals surface area contributed by atoms with E-state index in [1.807, 2.05) is 12.1 Å². The van der Waals surface area contributed by atoms with Crippen LogP contribution in [0.3, 0.4) is 0 Å². The lowest BCUT2D eigenvalue weighted by molar-refractivity contribution is 0.299. The zero-order chi connectivity index (χ0) is 11.4. The smallest absolute Gasteiger partial charge is 0.235 e. The van der Waals surface area contributed by atoms with Gasteiger partial charge in [0.25, 0.3) is 0 Å². The third kappa shape index (κ3) is 3.09. The van der Waals surface area contributed by atoms with Crippen LogP contribution in [0.1, 0.15) is 18.4 Å². The second kappa shape index (κ2) is 5.15. The van der Waals surface area contributed by atoms with Crippen molar-refractivity contribution in [3.63, 3.8) is 0 Å². The third-order valence-electron chi connectivity index (χ3n) is 2.49. The molecule has 1 aliphatic rings. The maximum Gasteiger partial charge on any atom is 0.235 e. The van der Waals surface area contributed by atoms with Gasteiger partial charge in [-0.15, -0.1) is 0 Å². The molecule has 0 N–H and O–H groups in total. The molecule has 0 bridgehead atoms. The molecule has 3 nitrogen and oxygen atoms in total. The van der Waals surface area contributed by atoms with E-state index in [4.69, 9.17) is 16.3 Å². The Morgan fingerprint density at radius 2 is 2.31 bits per heavy atom. The summed E-state index contributed by atoms with van der Waals surface area (Å²) in [5, 5.41) is 0.597. The summed E-state index contributed by atoms with van der Waals surface area (Å²) in [7, 11) is 0. The van der Waals surface area contributed by atoms with Crippen molar-refractivity contribution in [1.82, 2.24) is 0 Å². The number of ether oxygens (including phenoxy) is 1. The number of nitrogens with zero attached hydrogens (tertiary/aromatic N) is 1.